The van der Waals surface area contributed by atoms with Gasteiger partial charge in [-0.15, -0.1) is 0 Å². The van der Waals surface area contributed by atoms with Crippen molar-refractivity contribution >= 4 is 11.6 Å². The van der Waals surface area contributed by atoms with Crippen molar-refractivity contribution < 1.29 is 14.3 Å². The van der Waals surface area contributed by atoms with Crippen molar-refractivity contribution in [3.05, 3.63) is 29.6 Å². The zero-order valence-corrected chi connectivity index (χ0v) is 11.5. The molecule has 0 aromatic heterocycles. The molecule has 20 heavy (non-hydrogen) atoms. The van der Waals surface area contributed by atoms with E-state index in [0.717, 1.165) is 25.7 Å². The molecule has 0 radical (unpaired) electrons. The third kappa shape index (κ3) is 3.17. The summed E-state index contributed by atoms with van der Waals surface area (Å²) in [5.74, 6) is 4.66. The van der Waals surface area contributed by atoms with E-state index in [0.29, 0.717) is 11.3 Å². The average molecular weight is 275 g/mol. The lowest BCUT2D eigenvalue weighted by Gasteiger charge is -2.22. The molecular formula is C16H18FNO2. The maximum atomic E-state index is 13.2. The molecule has 2 rings (SSSR count). The van der Waals surface area contributed by atoms with Crippen LogP contribution in [0, 0.1) is 23.1 Å². The van der Waals surface area contributed by atoms with Gasteiger partial charge < -0.3 is 10.4 Å². The van der Waals surface area contributed by atoms with Crippen molar-refractivity contribution in [1.82, 2.24) is 0 Å². The standard InChI is InChI=1S/C16H18FNO2/c1-16(8-2-3-9-16)15(20)18-14-7-6-13(17)11-12(14)5-4-10-19/h6-7,11,19H,2-3,8-10H2,1H3,(H,18,20). The van der Waals surface area contributed by atoms with Crippen LogP contribution in [0.3, 0.4) is 0 Å². The first-order valence-electron chi connectivity index (χ1n) is 6.76. The van der Waals surface area contributed by atoms with Crippen LogP contribution in [0.2, 0.25) is 0 Å². The molecule has 0 saturated heterocycles. The summed E-state index contributed by atoms with van der Waals surface area (Å²) in [6.07, 6.45) is 3.87. The number of halogens is 1. The molecule has 0 bridgehead atoms. The highest BCUT2D eigenvalue weighted by Crippen LogP contribution is 2.38. The van der Waals surface area contributed by atoms with Gasteiger partial charge in [0.05, 0.1) is 11.3 Å². The van der Waals surface area contributed by atoms with Crippen molar-refractivity contribution in [3.8, 4) is 11.8 Å². The maximum Gasteiger partial charge on any atom is 0.230 e. The number of aliphatic hydroxyl groups excluding tert-OH is 1. The Bertz CT molecular complexity index is 566. The number of carbonyl (C=O) groups is 1. The SMILES string of the molecule is CC1(C(=O)Nc2ccc(F)cc2C#CCO)CCCC1. The van der Waals surface area contributed by atoms with Crippen molar-refractivity contribution in [3.63, 3.8) is 0 Å². The van der Waals surface area contributed by atoms with Crippen molar-refractivity contribution in [2.75, 3.05) is 11.9 Å². The number of hydrogen-bond donors (Lipinski definition) is 2. The Balaban J connectivity index is 2.22. The van der Waals surface area contributed by atoms with Gasteiger partial charge in [-0.05, 0) is 31.0 Å². The summed E-state index contributed by atoms with van der Waals surface area (Å²) in [6.45, 7) is 1.65. The fourth-order valence-electron chi connectivity index (χ4n) is 2.52. The Morgan fingerprint density at radius 1 is 1.45 bits per heavy atom. The number of anilines is 1. The molecule has 0 spiro atoms. The Hall–Kier alpha value is -1.86. The summed E-state index contributed by atoms with van der Waals surface area (Å²) in [5, 5.41) is 11.6. The zero-order valence-electron chi connectivity index (χ0n) is 11.5. The number of nitrogens with one attached hydrogen (secondary N) is 1. The molecule has 1 amide bonds. The van der Waals surface area contributed by atoms with Crippen molar-refractivity contribution in [2.45, 2.75) is 32.6 Å². The minimum Gasteiger partial charge on any atom is -0.384 e. The molecule has 1 aliphatic rings. The molecule has 0 aliphatic heterocycles. The highest BCUT2D eigenvalue weighted by molar-refractivity contribution is 5.96. The molecule has 1 aromatic rings. The van der Waals surface area contributed by atoms with E-state index in [-0.39, 0.29) is 17.9 Å². The highest BCUT2D eigenvalue weighted by atomic mass is 19.1. The number of hydrogen-bond acceptors (Lipinski definition) is 2. The Morgan fingerprint density at radius 3 is 2.80 bits per heavy atom. The molecule has 0 atom stereocenters. The van der Waals surface area contributed by atoms with E-state index in [2.05, 4.69) is 17.2 Å². The first kappa shape index (κ1) is 14.5. The van der Waals surface area contributed by atoms with Gasteiger partial charge in [-0.25, -0.2) is 4.39 Å². The first-order chi connectivity index (χ1) is 9.55. The largest absolute Gasteiger partial charge is 0.384 e. The molecule has 1 saturated carbocycles. The van der Waals surface area contributed by atoms with Crippen LogP contribution in [0.15, 0.2) is 18.2 Å². The van der Waals surface area contributed by atoms with Crippen LogP contribution in [0.1, 0.15) is 38.2 Å². The quantitative estimate of drug-likeness (QED) is 0.815. The normalized spacial score (nSPS) is 16.4. The third-order valence-electron chi connectivity index (χ3n) is 3.79. The number of aliphatic hydroxyl groups is 1. The summed E-state index contributed by atoms with van der Waals surface area (Å²) in [5.41, 5.74) is 0.523. The second-order valence-corrected chi connectivity index (χ2v) is 5.37. The van der Waals surface area contributed by atoms with Gasteiger partial charge >= 0.3 is 0 Å². The van der Waals surface area contributed by atoms with Crippen LogP contribution in [0.5, 0.6) is 0 Å². The Morgan fingerprint density at radius 2 is 2.15 bits per heavy atom. The second kappa shape index (κ2) is 6.06. The molecule has 1 aliphatic carbocycles. The van der Waals surface area contributed by atoms with Crippen LogP contribution in [0.25, 0.3) is 0 Å². The lowest BCUT2D eigenvalue weighted by Crippen LogP contribution is -2.31. The predicted octanol–water partition coefficient (Wildman–Crippen LogP) is 2.69. The van der Waals surface area contributed by atoms with Gasteiger partial charge in [-0.1, -0.05) is 31.6 Å². The number of amides is 1. The maximum absolute atomic E-state index is 13.2. The third-order valence-corrected chi connectivity index (χ3v) is 3.79. The molecule has 3 nitrogen and oxygen atoms in total. The number of rotatable bonds is 2. The van der Waals surface area contributed by atoms with Crippen LogP contribution in [0.4, 0.5) is 10.1 Å². The highest BCUT2D eigenvalue weighted by Gasteiger charge is 2.36. The Labute approximate surface area is 118 Å². The van der Waals surface area contributed by atoms with Gasteiger partial charge in [0.1, 0.15) is 12.4 Å². The van der Waals surface area contributed by atoms with E-state index in [1.54, 1.807) is 0 Å². The summed E-state index contributed by atoms with van der Waals surface area (Å²) in [6, 6.07) is 4.05. The molecule has 0 unspecified atom stereocenters. The summed E-state index contributed by atoms with van der Waals surface area (Å²) < 4.78 is 13.2. The Kier molecular flexibility index (Phi) is 4.41. The number of carbonyl (C=O) groups excluding carboxylic acids is 1. The zero-order chi connectivity index (χ0) is 14.6. The summed E-state index contributed by atoms with van der Waals surface area (Å²) in [4.78, 5) is 12.3. The lowest BCUT2D eigenvalue weighted by atomic mass is 9.87. The molecule has 0 heterocycles. The molecule has 106 valence electrons. The minimum absolute atomic E-state index is 0.0475. The number of benzene rings is 1. The molecule has 1 fully saturated rings. The fraction of sp³-hybridized carbons (Fsp3) is 0.438. The van der Waals surface area contributed by atoms with E-state index in [1.807, 2.05) is 6.92 Å². The average Bonchev–Trinajstić information content (AvgIpc) is 2.87. The van der Waals surface area contributed by atoms with Crippen LogP contribution < -0.4 is 5.32 Å². The van der Waals surface area contributed by atoms with Crippen LogP contribution in [-0.4, -0.2) is 17.6 Å². The molecule has 1 aromatic carbocycles. The van der Waals surface area contributed by atoms with Gasteiger partial charge in [0, 0.05) is 5.41 Å². The monoisotopic (exact) mass is 275 g/mol. The van der Waals surface area contributed by atoms with Gasteiger partial charge in [0.25, 0.3) is 0 Å². The van der Waals surface area contributed by atoms with E-state index in [9.17, 15) is 9.18 Å². The fourth-order valence-corrected chi connectivity index (χ4v) is 2.52. The molecular weight excluding hydrogens is 257 g/mol. The second-order valence-electron chi connectivity index (χ2n) is 5.37. The van der Waals surface area contributed by atoms with Crippen molar-refractivity contribution in [1.29, 1.82) is 0 Å². The molecule has 2 N–H and O–H groups in total. The van der Waals surface area contributed by atoms with E-state index in [4.69, 9.17) is 5.11 Å². The molecule has 4 heteroatoms. The van der Waals surface area contributed by atoms with E-state index >= 15 is 0 Å². The lowest BCUT2D eigenvalue weighted by molar-refractivity contribution is -0.124. The van der Waals surface area contributed by atoms with Gasteiger partial charge in [0.15, 0.2) is 0 Å². The smallest absolute Gasteiger partial charge is 0.230 e. The van der Waals surface area contributed by atoms with Crippen LogP contribution >= 0.6 is 0 Å². The van der Waals surface area contributed by atoms with E-state index < -0.39 is 5.82 Å². The van der Waals surface area contributed by atoms with Crippen molar-refractivity contribution in [2.24, 2.45) is 5.41 Å². The summed E-state index contributed by atoms with van der Waals surface area (Å²) in [7, 11) is 0. The van der Waals surface area contributed by atoms with Gasteiger partial charge in [-0.2, -0.15) is 0 Å². The van der Waals surface area contributed by atoms with Gasteiger partial charge in [-0.3, -0.25) is 4.79 Å². The minimum atomic E-state index is -0.419. The first-order valence-corrected chi connectivity index (χ1v) is 6.76. The van der Waals surface area contributed by atoms with E-state index in [1.165, 1.54) is 18.2 Å². The summed E-state index contributed by atoms with van der Waals surface area (Å²) >= 11 is 0. The van der Waals surface area contributed by atoms with Crippen LogP contribution in [-0.2, 0) is 4.79 Å². The van der Waals surface area contributed by atoms with Gasteiger partial charge in [0.2, 0.25) is 5.91 Å². The topological polar surface area (TPSA) is 49.3 Å². The predicted molar refractivity (Wildman–Crippen MR) is 75.6 cm³/mol.